The second kappa shape index (κ2) is 8.39. The Kier molecular flexibility index (Phi) is 5.28. The van der Waals surface area contributed by atoms with E-state index in [0.29, 0.717) is 29.4 Å². The van der Waals surface area contributed by atoms with E-state index in [9.17, 15) is 9.18 Å². The van der Waals surface area contributed by atoms with Gasteiger partial charge >= 0.3 is 0 Å². The van der Waals surface area contributed by atoms with Crippen LogP contribution in [0.1, 0.15) is 36.4 Å². The Balaban J connectivity index is 1.40. The van der Waals surface area contributed by atoms with Crippen molar-refractivity contribution in [3.8, 4) is 22.7 Å². The van der Waals surface area contributed by atoms with Crippen molar-refractivity contribution in [2.24, 2.45) is 0 Å². The molecule has 0 aromatic carbocycles. The molecule has 0 aliphatic heterocycles. The molecule has 4 aromatic heterocycles. The summed E-state index contributed by atoms with van der Waals surface area (Å²) in [5.74, 6) is -0.202. The lowest BCUT2D eigenvalue weighted by atomic mass is 9.89. The quantitative estimate of drug-likeness (QED) is 0.452. The van der Waals surface area contributed by atoms with Gasteiger partial charge in [-0.3, -0.25) is 19.6 Å². The van der Waals surface area contributed by atoms with Crippen molar-refractivity contribution in [2.75, 3.05) is 11.9 Å². The summed E-state index contributed by atoms with van der Waals surface area (Å²) in [5, 5.41) is 14.1. The summed E-state index contributed by atoms with van der Waals surface area (Å²) >= 11 is 0. The number of aromatic amines is 1. The van der Waals surface area contributed by atoms with Gasteiger partial charge in [0.1, 0.15) is 17.3 Å². The van der Waals surface area contributed by atoms with Crippen molar-refractivity contribution in [3.05, 3.63) is 60.6 Å². The number of pyridine rings is 1. The summed E-state index contributed by atoms with van der Waals surface area (Å²) in [6, 6.07) is 6.30. The van der Waals surface area contributed by atoms with Crippen LogP contribution in [0.2, 0.25) is 0 Å². The summed E-state index contributed by atoms with van der Waals surface area (Å²) in [6.45, 7) is 2.65. The number of amides is 1. The number of halogens is 1. The van der Waals surface area contributed by atoms with Gasteiger partial charge < -0.3 is 14.5 Å². The van der Waals surface area contributed by atoms with Crippen LogP contribution in [0.3, 0.4) is 0 Å². The van der Waals surface area contributed by atoms with Crippen molar-refractivity contribution in [1.29, 1.82) is 0 Å². The molecule has 2 N–H and O–H groups in total. The van der Waals surface area contributed by atoms with E-state index in [-0.39, 0.29) is 17.9 Å². The second-order valence-electron chi connectivity index (χ2n) is 7.54. The van der Waals surface area contributed by atoms with E-state index >= 15 is 0 Å². The van der Waals surface area contributed by atoms with Crippen molar-refractivity contribution in [2.45, 2.75) is 31.9 Å². The number of hydrogen-bond donors (Lipinski definition) is 2. The summed E-state index contributed by atoms with van der Waals surface area (Å²) < 4.78 is 26.5. The maximum Gasteiger partial charge on any atom is 0.291 e. The second-order valence-corrected chi connectivity index (χ2v) is 7.54. The molecule has 1 fully saturated rings. The molecule has 1 aliphatic rings. The molecule has 0 saturated heterocycles. The molecule has 1 saturated carbocycles. The van der Waals surface area contributed by atoms with Gasteiger partial charge in [0.15, 0.2) is 5.76 Å². The Labute approximate surface area is 182 Å². The van der Waals surface area contributed by atoms with Crippen molar-refractivity contribution in [3.63, 3.8) is 0 Å². The number of aromatic nitrogens is 5. The Hall–Kier alpha value is -3.79. The maximum absolute atomic E-state index is 13.4. The lowest BCUT2D eigenvalue weighted by Gasteiger charge is -2.34. The van der Waals surface area contributed by atoms with Crippen LogP contribution >= 0.6 is 0 Å². The Morgan fingerprint density at radius 1 is 1.31 bits per heavy atom. The molecule has 1 amide bonds. The molecule has 32 heavy (non-hydrogen) atoms. The topological polar surface area (TPSA) is 111 Å². The first-order valence-corrected chi connectivity index (χ1v) is 10.3. The monoisotopic (exact) mass is 436 g/mol. The highest BCUT2D eigenvalue weighted by molar-refractivity contribution is 6.04. The number of H-pyrrole nitrogens is 1. The molecular weight excluding hydrogens is 415 g/mol. The van der Waals surface area contributed by atoms with Gasteiger partial charge in [-0.05, 0) is 44.0 Å². The highest BCUT2D eigenvalue weighted by Crippen LogP contribution is 2.37. The van der Waals surface area contributed by atoms with E-state index in [1.165, 1.54) is 12.1 Å². The minimum atomic E-state index is -0.445. The number of carbonyl (C=O) groups is 1. The lowest BCUT2D eigenvalue weighted by Crippen LogP contribution is -2.33. The molecule has 5 rings (SSSR count). The molecule has 1 aliphatic carbocycles. The van der Waals surface area contributed by atoms with Crippen LogP contribution in [0.4, 0.5) is 10.1 Å². The predicted octanol–water partition coefficient (Wildman–Crippen LogP) is 4.06. The van der Waals surface area contributed by atoms with E-state index in [1.807, 2.05) is 11.6 Å². The van der Waals surface area contributed by atoms with E-state index < -0.39 is 11.7 Å². The Bertz CT molecular complexity index is 1210. The predicted molar refractivity (Wildman–Crippen MR) is 113 cm³/mol. The molecule has 0 bridgehead atoms. The fourth-order valence-corrected chi connectivity index (χ4v) is 3.69. The SMILES string of the molecule is CCO[C@H]1C[C@@H](n2cc(NC(=O)c3ccc(-c4cn[nH]c4)o3)c(-c3ccc(F)cn3)n2)C1. The summed E-state index contributed by atoms with van der Waals surface area (Å²) in [4.78, 5) is 17.0. The average Bonchev–Trinajstić information content (AvgIpc) is 3.51. The zero-order chi connectivity index (χ0) is 22.1. The third-order valence-corrected chi connectivity index (χ3v) is 5.41. The van der Waals surface area contributed by atoms with Gasteiger partial charge in [-0.15, -0.1) is 0 Å². The lowest BCUT2D eigenvalue weighted by molar-refractivity contribution is -0.0226. The number of furan rings is 1. The minimum absolute atomic E-state index is 0.145. The highest BCUT2D eigenvalue weighted by atomic mass is 19.1. The van der Waals surface area contributed by atoms with Gasteiger partial charge in [0, 0.05) is 19.0 Å². The summed E-state index contributed by atoms with van der Waals surface area (Å²) in [6.07, 6.45) is 8.07. The molecule has 164 valence electrons. The fraction of sp³-hybridized carbons (Fsp3) is 0.273. The molecule has 0 atom stereocenters. The zero-order valence-electron chi connectivity index (χ0n) is 17.3. The van der Waals surface area contributed by atoms with Crippen molar-refractivity contribution < 1.29 is 18.3 Å². The number of hydrogen-bond acceptors (Lipinski definition) is 6. The van der Waals surface area contributed by atoms with E-state index in [1.54, 1.807) is 30.7 Å². The average molecular weight is 436 g/mol. The standard InChI is InChI=1S/C22H21FN6O3/c1-2-31-16-7-15(8-16)29-12-18(21(28-29)17-4-3-14(23)11-24-17)27-22(30)20-6-5-19(32-20)13-9-25-26-10-13/h3-6,9-12,15-16H,2,7-8H2,1H3,(H,25,26)(H,27,30)/t15-,16+. The van der Waals surface area contributed by atoms with Crippen LogP contribution in [-0.4, -0.2) is 43.6 Å². The number of nitrogens with one attached hydrogen (secondary N) is 2. The molecule has 0 spiro atoms. The van der Waals surface area contributed by atoms with Crippen molar-refractivity contribution >= 4 is 11.6 Å². The first-order valence-electron chi connectivity index (χ1n) is 10.3. The normalized spacial score (nSPS) is 17.8. The smallest absolute Gasteiger partial charge is 0.291 e. The third-order valence-electron chi connectivity index (χ3n) is 5.41. The first kappa shape index (κ1) is 20.1. The molecule has 9 nitrogen and oxygen atoms in total. The number of carbonyl (C=O) groups excluding carboxylic acids is 1. The van der Waals surface area contributed by atoms with Gasteiger partial charge in [0.05, 0.1) is 41.5 Å². The Morgan fingerprint density at radius 2 is 2.19 bits per heavy atom. The third kappa shape index (κ3) is 3.92. The van der Waals surface area contributed by atoms with Crippen LogP contribution in [0.5, 0.6) is 0 Å². The minimum Gasteiger partial charge on any atom is -0.451 e. The fourth-order valence-electron chi connectivity index (χ4n) is 3.69. The van der Waals surface area contributed by atoms with Gasteiger partial charge in [-0.25, -0.2) is 4.39 Å². The van der Waals surface area contributed by atoms with Crippen LogP contribution in [0.15, 0.2) is 53.5 Å². The number of nitrogens with zero attached hydrogens (tertiary/aromatic N) is 4. The van der Waals surface area contributed by atoms with Crippen LogP contribution in [0, 0.1) is 5.82 Å². The van der Waals surface area contributed by atoms with Gasteiger partial charge in [-0.1, -0.05) is 0 Å². The van der Waals surface area contributed by atoms with Crippen LogP contribution in [-0.2, 0) is 4.74 Å². The summed E-state index contributed by atoms with van der Waals surface area (Å²) in [7, 11) is 0. The number of anilines is 1. The van der Waals surface area contributed by atoms with Gasteiger partial charge in [0.2, 0.25) is 0 Å². The number of ether oxygens (including phenoxy) is 1. The number of rotatable bonds is 7. The molecule has 0 radical (unpaired) electrons. The van der Waals surface area contributed by atoms with E-state index in [4.69, 9.17) is 9.15 Å². The molecule has 10 heteroatoms. The highest BCUT2D eigenvalue weighted by Gasteiger charge is 2.32. The van der Waals surface area contributed by atoms with Crippen LogP contribution < -0.4 is 5.32 Å². The van der Waals surface area contributed by atoms with E-state index in [0.717, 1.165) is 24.6 Å². The zero-order valence-corrected chi connectivity index (χ0v) is 17.3. The van der Waals surface area contributed by atoms with Gasteiger partial charge in [0.25, 0.3) is 5.91 Å². The van der Waals surface area contributed by atoms with Gasteiger partial charge in [-0.2, -0.15) is 10.2 Å². The Morgan fingerprint density at radius 3 is 2.91 bits per heavy atom. The molecule has 4 heterocycles. The van der Waals surface area contributed by atoms with Crippen LogP contribution in [0.25, 0.3) is 22.7 Å². The summed E-state index contributed by atoms with van der Waals surface area (Å²) in [5.41, 5.74) is 2.12. The molecular formula is C22H21FN6O3. The maximum atomic E-state index is 13.4. The van der Waals surface area contributed by atoms with E-state index in [2.05, 4.69) is 25.6 Å². The molecule has 0 unspecified atom stereocenters. The van der Waals surface area contributed by atoms with Crippen molar-refractivity contribution in [1.82, 2.24) is 25.0 Å². The largest absolute Gasteiger partial charge is 0.451 e. The first-order chi connectivity index (χ1) is 15.6. The molecule has 4 aromatic rings.